The Kier molecular flexibility index (Phi) is 11.2. The molecule has 0 aromatic carbocycles. The Labute approximate surface area is 233 Å². The summed E-state index contributed by atoms with van der Waals surface area (Å²) in [5, 5.41) is 23.0. The molecule has 1 aliphatic heterocycles. The third-order valence-electron chi connectivity index (χ3n) is 8.65. The molecule has 4 atom stereocenters. The molecule has 2 aliphatic carbocycles. The highest BCUT2D eigenvalue weighted by molar-refractivity contribution is 5.97. The molecule has 9 heteroatoms. The zero-order valence-corrected chi connectivity index (χ0v) is 24.0. The van der Waals surface area contributed by atoms with Gasteiger partial charge in [-0.1, -0.05) is 77.5 Å². The lowest BCUT2D eigenvalue weighted by atomic mass is 9.81. The summed E-state index contributed by atoms with van der Waals surface area (Å²) in [6.45, 7) is 7.09. The molecule has 1 saturated heterocycles. The number of carboxylic acid groups (broad SMARTS) is 1. The van der Waals surface area contributed by atoms with E-state index in [0.29, 0.717) is 49.8 Å². The van der Waals surface area contributed by atoms with Crippen LogP contribution in [0.5, 0.6) is 0 Å². The Balaban J connectivity index is 1.72. The Morgan fingerprint density at radius 3 is 2.51 bits per heavy atom. The number of carbonyl (C=O) groups excluding carboxylic acids is 2. The molecule has 2 fully saturated rings. The number of nitrogens with two attached hydrogens (primary N) is 1. The van der Waals surface area contributed by atoms with Gasteiger partial charge in [0.25, 0.3) is 0 Å². The molecule has 0 bridgehead atoms. The van der Waals surface area contributed by atoms with Crippen LogP contribution in [-0.2, 0) is 14.4 Å². The molecule has 2 amide bonds. The van der Waals surface area contributed by atoms with Gasteiger partial charge in [0.2, 0.25) is 11.8 Å². The fourth-order valence-electron chi connectivity index (χ4n) is 6.14. The summed E-state index contributed by atoms with van der Waals surface area (Å²) < 4.78 is 0. The second-order valence-corrected chi connectivity index (χ2v) is 12.6. The highest BCUT2D eigenvalue weighted by Crippen LogP contribution is 2.33. The monoisotopic (exact) mass is 543 g/mol. The van der Waals surface area contributed by atoms with Crippen LogP contribution >= 0.6 is 0 Å². The van der Waals surface area contributed by atoms with Crippen molar-refractivity contribution in [1.29, 1.82) is 5.41 Å². The minimum atomic E-state index is -0.988. The zero-order chi connectivity index (χ0) is 28.6. The number of hydrogen-bond donors (Lipinski definition) is 5. The van der Waals surface area contributed by atoms with Crippen molar-refractivity contribution in [2.45, 2.75) is 97.1 Å². The van der Waals surface area contributed by atoms with Gasteiger partial charge in [-0.2, -0.15) is 0 Å². The molecule has 3 rings (SSSR count). The van der Waals surface area contributed by atoms with Crippen molar-refractivity contribution in [3.05, 3.63) is 23.8 Å². The standard InChI is InChI=1S/C30H49N5O4/c1-20(2)9-10-22-16-25(28(38)34-19-30(3)13-11-23(12-14-30)27(31)32)35(18-22)29(39)24(33-17-26(36)37)15-21-7-5-4-6-8-21/h11-13,20-22,24-25,33H,4-10,14-19H2,1-3H3,(H3,31,32)(H,34,38)(H,36,37)/t22-,24+,25-,30?/m0/s1. The van der Waals surface area contributed by atoms with Crippen LogP contribution in [0.15, 0.2) is 23.8 Å². The van der Waals surface area contributed by atoms with Gasteiger partial charge in [0.05, 0.1) is 12.6 Å². The predicted molar refractivity (Wildman–Crippen MR) is 153 cm³/mol. The molecule has 0 aromatic heterocycles. The summed E-state index contributed by atoms with van der Waals surface area (Å²) in [4.78, 5) is 40.6. The van der Waals surface area contributed by atoms with Crippen molar-refractivity contribution in [1.82, 2.24) is 15.5 Å². The van der Waals surface area contributed by atoms with Gasteiger partial charge in [0.15, 0.2) is 0 Å². The first kappa shape index (κ1) is 30.9. The van der Waals surface area contributed by atoms with Crippen molar-refractivity contribution in [3.63, 3.8) is 0 Å². The Bertz CT molecular complexity index is 955. The maximum absolute atomic E-state index is 13.9. The SMILES string of the molecule is CC(C)CC[C@H]1C[C@@H](C(=O)NCC2(C)C=CC(C(=N)N)=CC2)N(C(=O)[C@@H](CC2CCCCC2)NCC(=O)O)C1. The first-order valence-corrected chi connectivity index (χ1v) is 14.7. The molecule has 3 aliphatic rings. The molecule has 0 aromatic rings. The van der Waals surface area contributed by atoms with Crippen molar-refractivity contribution < 1.29 is 19.5 Å². The van der Waals surface area contributed by atoms with E-state index >= 15 is 0 Å². The topological polar surface area (TPSA) is 149 Å². The van der Waals surface area contributed by atoms with Crippen LogP contribution in [-0.4, -0.2) is 65.3 Å². The number of aliphatic carboxylic acids is 1. The van der Waals surface area contributed by atoms with Gasteiger partial charge < -0.3 is 21.1 Å². The van der Waals surface area contributed by atoms with Crippen molar-refractivity contribution in [2.75, 3.05) is 19.6 Å². The van der Waals surface area contributed by atoms with Crippen molar-refractivity contribution in [3.8, 4) is 0 Å². The highest BCUT2D eigenvalue weighted by Gasteiger charge is 2.42. The van der Waals surface area contributed by atoms with Crippen molar-refractivity contribution in [2.24, 2.45) is 28.9 Å². The lowest BCUT2D eigenvalue weighted by Crippen LogP contribution is -2.54. The number of amidine groups is 1. The molecule has 1 saturated carbocycles. The van der Waals surface area contributed by atoms with E-state index < -0.39 is 18.1 Å². The Hall–Kier alpha value is -2.68. The van der Waals surface area contributed by atoms with Crippen LogP contribution < -0.4 is 16.4 Å². The molecule has 1 unspecified atom stereocenters. The first-order chi connectivity index (χ1) is 18.5. The Morgan fingerprint density at radius 1 is 1.21 bits per heavy atom. The van der Waals surface area contributed by atoms with Crippen molar-refractivity contribution >= 4 is 23.6 Å². The summed E-state index contributed by atoms with van der Waals surface area (Å²) in [6.07, 6.45) is 15.3. The van der Waals surface area contributed by atoms with Gasteiger partial charge in [0, 0.05) is 24.1 Å². The van der Waals surface area contributed by atoms with E-state index in [-0.39, 0.29) is 35.5 Å². The van der Waals surface area contributed by atoms with Gasteiger partial charge in [-0.25, -0.2) is 0 Å². The molecule has 0 spiro atoms. The van der Waals surface area contributed by atoms with E-state index in [2.05, 4.69) is 31.4 Å². The van der Waals surface area contributed by atoms with Gasteiger partial charge in [-0.05, 0) is 43.4 Å². The number of nitrogens with zero attached hydrogens (tertiary/aromatic N) is 1. The van der Waals surface area contributed by atoms with Crippen LogP contribution in [0.1, 0.15) is 85.0 Å². The summed E-state index contributed by atoms with van der Waals surface area (Å²) >= 11 is 0. The van der Waals surface area contributed by atoms with Crippen LogP contribution in [0.2, 0.25) is 0 Å². The number of carboxylic acids is 1. The first-order valence-electron chi connectivity index (χ1n) is 14.7. The number of carbonyl (C=O) groups is 3. The lowest BCUT2D eigenvalue weighted by molar-refractivity contribution is -0.141. The van der Waals surface area contributed by atoms with E-state index in [1.807, 2.05) is 18.2 Å². The van der Waals surface area contributed by atoms with Crippen LogP contribution in [0, 0.1) is 28.6 Å². The number of nitrogens with one attached hydrogen (secondary N) is 3. The summed E-state index contributed by atoms with van der Waals surface area (Å²) in [7, 11) is 0. The van der Waals surface area contributed by atoms with E-state index in [1.54, 1.807) is 4.90 Å². The van der Waals surface area contributed by atoms with E-state index in [9.17, 15) is 19.5 Å². The molecule has 0 radical (unpaired) electrons. The Morgan fingerprint density at radius 2 is 1.92 bits per heavy atom. The van der Waals surface area contributed by atoms with Crippen LogP contribution in [0.25, 0.3) is 0 Å². The predicted octanol–water partition coefficient (Wildman–Crippen LogP) is 3.60. The highest BCUT2D eigenvalue weighted by atomic mass is 16.4. The van der Waals surface area contributed by atoms with E-state index in [1.165, 1.54) is 6.42 Å². The average molecular weight is 544 g/mol. The smallest absolute Gasteiger partial charge is 0.317 e. The van der Waals surface area contributed by atoms with Gasteiger partial charge in [-0.3, -0.25) is 25.1 Å². The normalized spacial score (nSPS) is 26.4. The second kappa shape index (κ2) is 14.1. The molecular formula is C30H49N5O4. The van der Waals surface area contributed by atoms with Crippen LogP contribution in [0.3, 0.4) is 0 Å². The minimum absolute atomic E-state index is 0.0316. The quantitative estimate of drug-likeness (QED) is 0.177. The third kappa shape index (κ3) is 9.19. The number of rotatable bonds is 13. The van der Waals surface area contributed by atoms with Gasteiger partial charge in [-0.15, -0.1) is 0 Å². The average Bonchev–Trinajstić information content (AvgIpc) is 3.33. The van der Waals surface area contributed by atoms with E-state index in [4.69, 9.17) is 11.1 Å². The maximum atomic E-state index is 13.9. The second-order valence-electron chi connectivity index (χ2n) is 12.6. The van der Waals surface area contributed by atoms with Crippen LogP contribution in [0.4, 0.5) is 0 Å². The largest absolute Gasteiger partial charge is 0.480 e. The summed E-state index contributed by atoms with van der Waals surface area (Å²) in [5.74, 6) is -0.0706. The molecule has 9 nitrogen and oxygen atoms in total. The fourth-order valence-corrected chi connectivity index (χ4v) is 6.14. The van der Waals surface area contributed by atoms with E-state index in [0.717, 1.165) is 38.5 Å². The molecule has 39 heavy (non-hydrogen) atoms. The molecule has 6 N–H and O–H groups in total. The number of amides is 2. The lowest BCUT2D eigenvalue weighted by Gasteiger charge is -2.33. The number of likely N-dealkylation sites (tertiary alicyclic amines) is 1. The number of hydrogen-bond acceptors (Lipinski definition) is 5. The number of allylic oxidation sites excluding steroid dienone is 1. The molecule has 1 heterocycles. The van der Waals surface area contributed by atoms with Gasteiger partial charge >= 0.3 is 5.97 Å². The maximum Gasteiger partial charge on any atom is 0.317 e. The molecule has 218 valence electrons. The van der Waals surface area contributed by atoms with Gasteiger partial charge in [0.1, 0.15) is 11.9 Å². The fraction of sp³-hybridized carbons (Fsp3) is 0.733. The summed E-state index contributed by atoms with van der Waals surface area (Å²) in [5.41, 5.74) is 5.99. The third-order valence-corrected chi connectivity index (χ3v) is 8.65. The zero-order valence-electron chi connectivity index (χ0n) is 24.0. The molecular weight excluding hydrogens is 494 g/mol. The minimum Gasteiger partial charge on any atom is -0.480 e. The summed E-state index contributed by atoms with van der Waals surface area (Å²) in [6, 6.07) is -1.16.